The molecule has 74 valence electrons. The average molecular weight is 195 g/mol. The number of benzene rings is 1. The lowest BCUT2D eigenvalue weighted by molar-refractivity contribution is 0.249. The number of nitrogens with zero attached hydrogens (tertiary/aromatic N) is 1. The third kappa shape index (κ3) is 2.85. The molecule has 1 aromatic carbocycles. The smallest absolute Gasteiger partial charge is 0.332 e. The highest BCUT2D eigenvalue weighted by molar-refractivity contribution is 5.83. The summed E-state index contributed by atoms with van der Waals surface area (Å²) in [6.07, 6.45) is 1.34. The van der Waals surface area contributed by atoms with Crippen molar-refractivity contribution in [1.29, 1.82) is 0 Å². The number of carbonyl (C=O) groups is 1. The van der Waals surface area contributed by atoms with Gasteiger partial charge >= 0.3 is 6.03 Å². The molecule has 5 heteroatoms. The number of halogens is 1. The topological polar surface area (TPSA) is 67.5 Å². The van der Waals surface area contributed by atoms with Gasteiger partial charge in [-0.05, 0) is 24.6 Å². The van der Waals surface area contributed by atoms with E-state index >= 15 is 0 Å². The van der Waals surface area contributed by atoms with Crippen molar-refractivity contribution in [1.82, 2.24) is 5.43 Å². The predicted octanol–water partition coefficient (Wildman–Crippen LogP) is 1.14. The van der Waals surface area contributed by atoms with E-state index in [1.807, 2.05) is 12.3 Å². The van der Waals surface area contributed by atoms with Gasteiger partial charge in [-0.2, -0.15) is 5.10 Å². The van der Waals surface area contributed by atoms with Crippen LogP contribution in [-0.4, -0.2) is 12.2 Å². The lowest BCUT2D eigenvalue weighted by Gasteiger charge is -1.98. The molecule has 3 N–H and O–H groups in total. The van der Waals surface area contributed by atoms with Crippen molar-refractivity contribution in [3.05, 3.63) is 35.1 Å². The zero-order valence-corrected chi connectivity index (χ0v) is 7.62. The van der Waals surface area contributed by atoms with E-state index in [4.69, 9.17) is 5.73 Å². The predicted molar refractivity (Wildman–Crippen MR) is 51.5 cm³/mol. The molecule has 0 saturated carbocycles. The van der Waals surface area contributed by atoms with Gasteiger partial charge in [0.2, 0.25) is 0 Å². The Labute approximate surface area is 80.6 Å². The number of hydrazone groups is 1. The number of nitrogens with one attached hydrogen (secondary N) is 1. The molecule has 14 heavy (non-hydrogen) atoms. The Morgan fingerprint density at radius 1 is 1.64 bits per heavy atom. The Morgan fingerprint density at radius 2 is 2.36 bits per heavy atom. The fraction of sp³-hybridized carbons (Fsp3) is 0.111. The summed E-state index contributed by atoms with van der Waals surface area (Å²) in [5, 5.41) is 3.53. The van der Waals surface area contributed by atoms with Crippen LogP contribution in [0.1, 0.15) is 11.1 Å². The first-order valence-electron chi connectivity index (χ1n) is 3.94. The number of urea groups is 1. The van der Waals surface area contributed by atoms with Crippen LogP contribution in [0.3, 0.4) is 0 Å². The van der Waals surface area contributed by atoms with Crippen LogP contribution in [0.2, 0.25) is 0 Å². The van der Waals surface area contributed by atoms with Gasteiger partial charge in [0.25, 0.3) is 0 Å². The number of hydrogen-bond acceptors (Lipinski definition) is 2. The van der Waals surface area contributed by atoms with Gasteiger partial charge in [-0.25, -0.2) is 14.6 Å². The third-order valence-electron chi connectivity index (χ3n) is 1.62. The minimum atomic E-state index is -0.754. The summed E-state index contributed by atoms with van der Waals surface area (Å²) in [6, 6.07) is 3.55. The number of amides is 2. The number of primary amides is 1. The average Bonchev–Trinajstić information content (AvgIpc) is 2.10. The monoisotopic (exact) mass is 195 g/mol. The zero-order valence-electron chi connectivity index (χ0n) is 7.62. The van der Waals surface area contributed by atoms with Crippen molar-refractivity contribution in [2.24, 2.45) is 10.8 Å². The van der Waals surface area contributed by atoms with Crippen molar-refractivity contribution >= 4 is 12.2 Å². The lowest BCUT2D eigenvalue weighted by Crippen LogP contribution is -2.24. The van der Waals surface area contributed by atoms with Gasteiger partial charge in [0.15, 0.2) is 0 Å². The van der Waals surface area contributed by atoms with Crippen molar-refractivity contribution in [3.8, 4) is 0 Å². The van der Waals surface area contributed by atoms with Gasteiger partial charge in [0.05, 0.1) is 6.21 Å². The Bertz CT molecular complexity index is 376. The van der Waals surface area contributed by atoms with E-state index in [0.29, 0.717) is 5.56 Å². The molecular weight excluding hydrogens is 185 g/mol. The molecule has 0 bridgehead atoms. The Hall–Kier alpha value is -1.91. The molecule has 0 spiro atoms. The van der Waals surface area contributed by atoms with Gasteiger partial charge in [-0.1, -0.05) is 6.07 Å². The maximum Gasteiger partial charge on any atom is 0.332 e. The first-order chi connectivity index (χ1) is 6.59. The molecule has 4 nitrogen and oxygen atoms in total. The van der Waals surface area contributed by atoms with Crippen LogP contribution in [0.15, 0.2) is 23.3 Å². The highest BCUT2D eigenvalue weighted by Gasteiger charge is 1.96. The molecule has 0 atom stereocenters. The van der Waals surface area contributed by atoms with E-state index < -0.39 is 6.03 Å². The molecule has 0 aliphatic carbocycles. The first-order valence-corrected chi connectivity index (χ1v) is 3.94. The van der Waals surface area contributed by atoms with Crippen LogP contribution >= 0.6 is 0 Å². The van der Waals surface area contributed by atoms with E-state index in [-0.39, 0.29) is 5.82 Å². The summed E-state index contributed by atoms with van der Waals surface area (Å²) in [7, 11) is 0. The molecule has 0 fully saturated rings. The van der Waals surface area contributed by atoms with Crippen molar-refractivity contribution < 1.29 is 9.18 Å². The fourth-order valence-corrected chi connectivity index (χ4v) is 0.916. The lowest BCUT2D eigenvalue weighted by atomic mass is 10.1. The molecule has 0 unspecified atom stereocenters. The zero-order chi connectivity index (χ0) is 10.6. The minimum Gasteiger partial charge on any atom is -0.350 e. The molecule has 2 amide bonds. The molecular formula is C9H10FN3O. The van der Waals surface area contributed by atoms with E-state index in [9.17, 15) is 9.18 Å². The van der Waals surface area contributed by atoms with Crippen molar-refractivity contribution in [2.45, 2.75) is 6.92 Å². The molecule has 1 aromatic rings. The maximum absolute atomic E-state index is 12.8. The summed E-state index contributed by atoms with van der Waals surface area (Å²) in [5.41, 5.74) is 8.27. The van der Waals surface area contributed by atoms with E-state index in [1.54, 1.807) is 6.07 Å². The van der Waals surface area contributed by atoms with Crippen molar-refractivity contribution in [2.75, 3.05) is 0 Å². The molecule has 1 rings (SSSR count). The number of carbonyl (C=O) groups excluding carboxylic acids is 1. The van der Waals surface area contributed by atoms with E-state index in [0.717, 1.165) is 5.56 Å². The fourth-order valence-electron chi connectivity index (χ4n) is 0.916. The molecule has 0 aliphatic rings. The van der Waals surface area contributed by atoms with Gasteiger partial charge in [0, 0.05) is 5.56 Å². The molecule has 0 saturated heterocycles. The van der Waals surface area contributed by atoms with Crippen LogP contribution in [0.4, 0.5) is 9.18 Å². The summed E-state index contributed by atoms with van der Waals surface area (Å²) < 4.78 is 12.8. The van der Waals surface area contributed by atoms with Crippen LogP contribution < -0.4 is 11.2 Å². The second-order valence-corrected chi connectivity index (χ2v) is 2.74. The van der Waals surface area contributed by atoms with Gasteiger partial charge in [-0.15, -0.1) is 0 Å². The molecule has 0 radical (unpaired) electrons. The summed E-state index contributed by atoms with van der Waals surface area (Å²) in [4.78, 5) is 10.3. The number of nitrogens with two attached hydrogens (primary N) is 1. The van der Waals surface area contributed by atoms with Gasteiger partial charge < -0.3 is 5.73 Å². The highest BCUT2D eigenvalue weighted by atomic mass is 19.1. The number of aryl methyl sites for hydroxylation is 1. The standard InChI is InChI=1S/C9H10FN3O/c1-6-2-3-8(10)4-7(6)5-12-13-9(11)14/h2-5H,1H3,(H3,11,13,14). The van der Waals surface area contributed by atoms with Gasteiger partial charge in [0.1, 0.15) is 5.82 Å². The molecule has 0 heterocycles. The third-order valence-corrected chi connectivity index (χ3v) is 1.62. The summed E-state index contributed by atoms with van der Waals surface area (Å²) >= 11 is 0. The van der Waals surface area contributed by atoms with Crippen LogP contribution in [-0.2, 0) is 0 Å². The minimum absolute atomic E-state index is 0.351. The quantitative estimate of drug-likeness (QED) is 0.539. The summed E-state index contributed by atoms with van der Waals surface area (Å²) in [5.74, 6) is -0.351. The SMILES string of the molecule is Cc1ccc(F)cc1C=NNC(N)=O. The Balaban J connectivity index is 2.80. The second-order valence-electron chi connectivity index (χ2n) is 2.74. The summed E-state index contributed by atoms with van der Waals surface area (Å²) in [6.45, 7) is 1.81. The molecule has 0 aliphatic heterocycles. The normalized spacial score (nSPS) is 10.4. The number of rotatable bonds is 2. The second kappa shape index (κ2) is 4.36. The van der Waals surface area contributed by atoms with Crippen molar-refractivity contribution in [3.63, 3.8) is 0 Å². The van der Waals surface area contributed by atoms with Crippen LogP contribution in [0.5, 0.6) is 0 Å². The maximum atomic E-state index is 12.8. The van der Waals surface area contributed by atoms with E-state index in [2.05, 4.69) is 5.10 Å². The largest absolute Gasteiger partial charge is 0.350 e. The number of hydrogen-bond donors (Lipinski definition) is 2. The first kappa shape index (κ1) is 10.2. The Kier molecular flexibility index (Phi) is 3.17. The van der Waals surface area contributed by atoms with Gasteiger partial charge in [-0.3, -0.25) is 0 Å². The Morgan fingerprint density at radius 3 is 3.00 bits per heavy atom. The van der Waals surface area contributed by atoms with Crippen LogP contribution in [0.25, 0.3) is 0 Å². The van der Waals surface area contributed by atoms with Crippen LogP contribution in [0, 0.1) is 12.7 Å². The van der Waals surface area contributed by atoms with E-state index in [1.165, 1.54) is 18.3 Å². The molecule has 0 aromatic heterocycles. The highest BCUT2D eigenvalue weighted by Crippen LogP contribution is 2.07.